The van der Waals surface area contributed by atoms with Crippen LogP contribution in [-0.4, -0.2) is 38.4 Å². The van der Waals surface area contributed by atoms with Crippen molar-refractivity contribution in [1.29, 1.82) is 0 Å². The van der Waals surface area contributed by atoms with Crippen molar-refractivity contribution in [2.24, 2.45) is 5.92 Å². The van der Waals surface area contributed by atoms with Crippen LogP contribution >= 0.6 is 0 Å². The second-order valence-electron chi connectivity index (χ2n) is 5.66. The molecule has 4 nitrogen and oxygen atoms in total. The minimum atomic E-state index is -0.0243. The molecule has 0 radical (unpaired) electrons. The quantitative estimate of drug-likeness (QED) is 0.495. The van der Waals surface area contributed by atoms with E-state index in [2.05, 4.69) is 19.2 Å². The van der Waals surface area contributed by atoms with Crippen LogP contribution in [0.4, 0.5) is 0 Å². The van der Waals surface area contributed by atoms with Crippen molar-refractivity contribution in [3.8, 4) is 0 Å². The van der Waals surface area contributed by atoms with Crippen LogP contribution in [-0.2, 0) is 14.3 Å². The predicted molar refractivity (Wildman–Crippen MR) is 80.7 cm³/mol. The highest BCUT2D eigenvalue weighted by Gasteiger charge is 2.21. The lowest BCUT2D eigenvalue weighted by Crippen LogP contribution is -2.41. The number of hydrogen-bond acceptors (Lipinski definition) is 4. The van der Waals surface area contributed by atoms with Gasteiger partial charge in [0.05, 0.1) is 12.5 Å². The van der Waals surface area contributed by atoms with E-state index in [-0.39, 0.29) is 18.0 Å². The van der Waals surface area contributed by atoms with E-state index in [0.717, 1.165) is 45.2 Å². The molecule has 1 aliphatic rings. The van der Waals surface area contributed by atoms with Crippen molar-refractivity contribution in [3.63, 3.8) is 0 Å². The van der Waals surface area contributed by atoms with Gasteiger partial charge in [0, 0.05) is 13.1 Å². The molecule has 1 saturated heterocycles. The molecular weight excluding hydrogens is 254 g/mol. The molecule has 1 aliphatic heterocycles. The molecule has 1 fully saturated rings. The third-order valence-corrected chi connectivity index (χ3v) is 3.81. The van der Waals surface area contributed by atoms with Gasteiger partial charge in [-0.05, 0) is 12.8 Å². The minimum absolute atomic E-state index is 0.0233. The van der Waals surface area contributed by atoms with Gasteiger partial charge in [-0.25, -0.2) is 0 Å². The van der Waals surface area contributed by atoms with Crippen molar-refractivity contribution < 1.29 is 14.3 Å². The molecule has 2 unspecified atom stereocenters. The number of ether oxygens (including phenoxy) is 2. The maximum absolute atomic E-state index is 12.2. The summed E-state index contributed by atoms with van der Waals surface area (Å²) in [6.45, 7) is 7.12. The molecular formula is C16H31NO3. The summed E-state index contributed by atoms with van der Waals surface area (Å²) in [6.07, 6.45) is 7.71. The molecule has 0 aromatic rings. The normalized spacial score (nSPS) is 20.6. The third-order valence-electron chi connectivity index (χ3n) is 3.81. The van der Waals surface area contributed by atoms with Gasteiger partial charge in [0.1, 0.15) is 12.7 Å². The number of unbranched alkanes of at least 4 members (excludes halogenated alkanes) is 3. The Kier molecular flexibility index (Phi) is 9.67. The van der Waals surface area contributed by atoms with E-state index < -0.39 is 0 Å². The Balaban J connectivity index is 2.28. The molecule has 0 spiro atoms. The van der Waals surface area contributed by atoms with Crippen LogP contribution in [0.1, 0.15) is 58.8 Å². The topological polar surface area (TPSA) is 47.6 Å². The second-order valence-corrected chi connectivity index (χ2v) is 5.66. The monoisotopic (exact) mass is 285 g/mol. The summed E-state index contributed by atoms with van der Waals surface area (Å²) < 4.78 is 11.0. The van der Waals surface area contributed by atoms with Gasteiger partial charge in [0.2, 0.25) is 0 Å². The van der Waals surface area contributed by atoms with Crippen LogP contribution in [0.25, 0.3) is 0 Å². The van der Waals surface area contributed by atoms with E-state index in [1.807, 2.05) is 0 Å². The largest absolute Gasteiger partial charge is 0.463 e. The van der Waals surface area contributed by atoms with E-state index in [0.29, 0.717) is 13.2 Å². The van der Waals surface area contributed by atoms with E-state index in [1.165, 1.54) is 12.8 Å². The second kappa shape index (κ2) is 11.1. The summed E-state index contributed by atoms with van der Waals surface area (Å²) >= 11 is 0. The van der Waals surface area contributed by atoms with Gasteiger partial charge in [-0.1, -0.05) is 46.0 Å². The standard InChI is InChI=1S/C16H31NO3/c1-3-5-7-9-14(8-6-4-2)16(18)20-13-15-12-17-10-11-19-15/h14-15,17H,3-13H2,1-2H3. The average Bonchev–Trinajstić information content (AvgIpc) is 2.49. The van der Waals surface area contributed by atoms with E-state index in [4.69, 9.17) is 9.47 Å². The maximum Gasteiger partial charge on any atom is 0.309 e. The Labute approximate surface area is 123 Å². The van der Waals surface area contributed by atoms with Crippen LogP contribution < -0.4 is 5.32 Å². The van der Waals surface area contributed by atoms with Crippen LogP contribution in [0.5, 0.6) is 0 Å². The van der Waals surface area contributed by atoms with Crippen molar-refractivity contribution in [2.45, 2.75) is 64.9 Å². The fourth-order valence-electron chi connectivity index (χ4n) is 2.49. The van der Waals surface area contributed by atoms with Gasteiger partial charge in [-0.15, -0.1) is 0 Å². The van der Waals surface area contributed by atoms with Gasteiger partial charge in [-0.3, -0.25) is 4.79 Å². The van der Waals surface area contributed by atoms with E-state index in [1.54, 1.807) is 0 Å². The van der Waals surface area contributed by atoms with Crippen LogP contribution in [0, 0.1) is 5.92 Å². The van der Waals surface area contributed by atoms with Crippen LogP contribution in [0.2, 0.25) is 0 Å². The molecule has 0 saturated carbocycles. The lowest BCUT2D eigenvalue weighted by atomic mass is 9.95. The Morgan fingerprint density at radius 2 is 2.00 bits per heavy atom. The molecule has 1 N–H and O–H groups in total. The number of esters is 1. The highest BCUT2D eigenvalue weighted by atomic mass is 16.6. The zero-order valence-corrected chi connectivity index (χ0v) is 13.2. The molecule has 0 amide bonds. The van der Waals surface area contributed by atoms with Gasteiger partial charge in [-0.2, -0.15) is 0 Å². The fourth-order valence-corrected chi connectivity index (χ4v) is 2.49. The van der Waals surface area contributed by atoms with Gasteiger partial charge in [0.15, 0.2) is 0 Å². The fraction of sp³-hybridized carbons (Fsp3) is 0.938. The predicted octanol–water partition coefficient (Wildman–Crippen LogP) is 2.90. The van der Waals surface area contributed by atoms with Gasteiger partial charge in [0.25, 0.3) is 0 Å². The zero-order valence-electron chi connectivity index (χ0n) is 13.2. The first-order valence-electron chi connectivity index (χ1n) is 8.26. The number of morpholine rings is 1. The van der Waals surface area contributed by atoms with Crippen molar-refractivity contribution in [1.82, 2.24) is 5.32 Å². The van der Waals surface area contributed by atoms with Crippen molar-refractivity contribution in [3.05, 3.63) is 0 Å². The van der Waals surface area contributed by atoms with Crippen molar-refractivity contribution >= 4 is 5.97 Å². The summed E-state index contributed by atoms with van der Waals surface area (Å²) in [7, 11) is 0. The molecule has 118 valence electrons. The molecule has 0 aromatic heterocycles. The molecule has 20 heavy (non-hydrogen) atoms. The highest BCUT2D eigenvalue weighted by Crippen LogP contribution is 2.18. The molecule has 0 aromatic carbocycles. The number of carbonyl (C=O) groups excluding carboxylic acids is 1. The lowest BCUT2D eigenvalue weighted by Gasteiger charge is -2.24. The zero-order chi connectivity index (χ0) is 14.6. The first-order chi connectivity index (χ1) is 9.77. The Morgan fingerprint density at radius 3 is 2.65 bits per heavy atom. The first kappa shape index (κ1) is 17.4. The third kappa shape index (κ3) is 7.25. The molecule has 0 aliphatic carbocycles. The highest BCUT2D eigenvalue weighted by molar-refractivity contribution is 5.72. The number of nitrogens with one attached hydrogen (secondary N) is 1. The Hall–Kier alpha value is -0.610. The SMILES string of the molecule is CCCCCC(CCCC)C(=O)OCC1CNCCO1. The number of hydrogen-bond donors (Lipinski definition) is 1. The number of rotatable bonds is 10. The smallest absolute Gasteiger partial charge is 0.309 e. The molecule has 0 bridgehead atoms. The summed E-state index contributed by atoms with van der Waals surface area (Å²) in [5.41, 5.74) is 0. The van der Waals surface area contributed by atoms with E-state index >= 15 is 0 Å². The van der Waals surface area contributed by atoms with Crippen LogP contribution in [0.3, 0.4) is 0 Å². The number of carbonyl (C=O) groups is 1. The first-order valence-corrected chi connectivity index (χ1v) is 8.26. The molecule has 1 rings (SSSR count). The summed E-state index contributed by atoms with van der Waals surface area (Å²) in [5.74, 6) is 0.0572. The average molecular weight is 285 g/mol. The lowest BCUT2D eigenvalue weighted by molar-refractivity contribution is -0.154. The Morgan fingerprint density at radius 1 is 1.25 bits per heavy atom. The molecule has 4 heteroatoms. The molecule has 2 atom stereocenters. The minimum Gasteiger partial charge on any atom is -0.463 e. The summed E-state index contributed by atoms with van der Waals surface area (Å²) in [6, 6.07) is 0. The van der Waals surface area contributed by atoms with E-state index in [9.17, 15) is 4.79 Å². The summed E-state index contributed by atoms with van der Waals surface area (Å²) in [4.78, 5) is 12.2. The molecule has 1 heterocycles. The van der Waals surface area contributed by atoms with Gasteiger partial charge >= 0.3 is 5.97 Å². The van der Waals surface area contributed by atoms with Crippen LogP contribution in [0.15, 0.2) is 0 Å². The van der Waals surface area contributed by atoms with Crippen molar-refractivity contribution in [2.75, 3.05) is 26.3 Å². The van der Waals surface area contributed by atoms with Gasteiger partial charge < -0.3 is 14.8 Å². The maximum atomic E-state index is 12.2. The Bertz CT molecular complexity index is 252. The summed E-state index contributed by atoms with van der Waals surface area (Å²) in [5, 5.41) is 3.25.